The first-order valence-corrected chi connectivity index (χ1v) is 10.5. The summed E-state index contributed by atoms with van der Waals surface area (Å²) in [4.78, 5) is 31.9. The van der Waals surface area contributed by atoms with Crippen molar-refractivity contribution >= 4 is 24.0 Å². The van der Waals surface area contributed by atoms with Crippen LogP contribution in [0.2, 0.25) is 0 Å². The van der Waals surface area contributed by atoms with Crippen LogP contribution in [0.3, 0.4) is 0 Å². The number of halogens is 1. The van der Waals surface area contributed by atoms with Gasteiger partial charge in [0.1, 0.15) is 17.2 Å². The van der Waals surface area contributed by atoms with Crippen molar-refractivity contribution in [2.24, 2.45) is 0 Å². The quantitative estimate of drug-likeness (QED) is 0.672. The third-order valence-electron chi connectivity index (χ3n) is 4.93. The average Bonchev–Trinajstić information content (AvgIpc) is 3.14. The predicted octanol–water partition coefficient (Wildman–Crippen LogP) is 4.33. The van der Waals surface area contributed by atoms with Crippen LogP contribution in [-0.2, 0) is 16.1 Å². The van der Waals surface area contributed by atoms with Gasteiger partial charge in [0, 0.05) is 31.9 Å². The third kappa shape index (κ3) is 6.62. The second-order valence-corrected chi connectivity index (χ2v) is 8.78. The Morgan fingerprint density at radius 2 is 2.09 bits per heavy atom. The van der Waals surface area contributed by atoms with E-state index in [4.69, 9.17) is 9.84 Å². The molecule has 0 aliphatic carbocycles. The van der Waals surface area contributed by atoms with Gasteiger partial charge in [-0.3, -0.25) is 9.80 Å². The number of carbonyl (C=O) groups excluding carboxylic acids is 1. The third-order valence-corrected chi connectivity index (χ3v) is 4.93. The number of ether oxygens (including phenoxy) is 1. The molecule has 1 N–H and O–H groups in total. The minimum atomic E-state index is -1.05. The molecule has 1 aromatic carbocycles. The van der Waals surface area contributed by atoms with Crippen molar-refractivity contribution in [2.75, 3.05) is 18.0 Å². The minimum Gasteiger partial charge on any atom is -0.478 e. The van der Waals surface area contributed by atoms with Crippen LogP contribution in [0.5, 0.6) is 0 Å². The zero-order valence-electron chi connectivity index (χ0n) is 18.5. The number of aliphatic carboxylic acids is 1. The number of rotatable bonds is 6. The van der Waals surface area contributed by atoms with Gasteiger partial charge in [0.2, 0.25) is 0 Å². The minimum absolute atomic E-state index is 0.161. The highest BCUT2D eigenvalue weighted by Crippen LogP contribution is 2.26. The van der Waals surface area contributed by atoms with Gasteiger partial charge in [-0.25, -0.2) is 19.0 Å². The van der Waals surface area contributed by atoms with Crippen molar-refractivity contribution < 1.29 is 23.8 Å². The molecule has 3 rings (SSSR count). The van der Waals surface area contributed by atoms with E-state index in [2.05, 4.69) is 9.88 Å². The number of nitrogens with zero attached hydrogens (tertiary/aromatic N) is 3. The number of anilines is 1. The topological polar surface area (TPSA) is 83.0 Å². The Kier molecular flexibility index (Phi) is 7.25. The summed E-state index contributed by atoms with van der Waals surface area (Å²) in [6.07, 6.45) is 4.22. The van der Waals surface area contributed by atoms with E-state index < -0.39 is 17.7 Å². The molecule has 1 amide bonds. The Morgan fingerprint density at radius 3 is 2.72 bits per heavy atom. The maximum Gasteiger partial charge on any atom is 0.416 e. The molecular formula is C24H28FN3O4. The number of benzene rings is 1. The molecule has 170 valence electrons. The second kappa shape index (κ2) is 9.91. The molecule has 1 fully saturated rings. The fourth-order valence-corrected chi connectivity index (χ4v) is 3.61. The van der Waals surface area contributed by atoms with Crippen LogP contribution in [0.1, 0.15) is 38.3 Å². The lowest BCUT2D eigenvalue weighted by Gasteiger charge is -2.31. The van der Waals surface area contributed by atoms with E-state index in [1.165, 1.54) is 24.4 Å². The molecule has 2 heterocycles. The number of likely N-dealkylation sites (tertiary alicyclic amines) is 1. The standard InChI is InChI=1S/C24H28FN3O4/c1-24(2,3)32-23(31)28(21-9-7-17(14-26-21)8-10-22(29)30)20-11-12-27(16-20)15-18-5-4-6-19(25)13-18/h4-10,13-14,20H,11-12,15-16H2,1-3H3,(H,29,30)/b10-8+/t20-/m1/s1. The van der Waals surface area contributed by atoms with E-state index in [0.29, 0.717) is 24.5 Å². The normalized spacial score (nSPS) is 16.9. The molecule has 32 heavy (non-hydrogen) atoms. The fraction of sp³-hybridized carbons (Fsp3) is 0.375. The average molecular weight is 442 g/mol. The van der Waals surface area contributed by atoms with E-state index in [0.717, 1.165) is 24.6 Å². The molecule has 0 bridgehead atoms. The molecule has 1 aromatic heterocycles. The van der Waals surface area contributed by atoms with Gasteiger partial charge in [-0.15, -0.1) is 0 Å². The van der Waals surface area contributed by atoms with Crippen LogP contribution >= 0.6 is 0 Å². The summed E-state index contributed by atoms with van der Waals surface area (Å²) in [5.41, 5.74) is 0.820. The number of hydrogen-bond donors (Lipinski definition) is 1. The van der Waals surface area contributed by atoms with Crippen molar-refractivity contribution in [3.05, 3.63) is 65.6 Å². The fourth-order valence-electron chi connectivity index (χ4n) is 3.61. The van der Waals surface area contributed by atoms with Gasteiger partial charge in [0.25, 0.3) is 0 Å². The lowest BCUT2D eigenvalue weighted by Crippen LogP contribution is -2.45. The van der Waals surface area contributed by atoms with Crippen LogP contribution in [-0.4, -0.2) is 51.8 Å². The Balaban J connectivity index is 1.79. The molecule has 1 atom stereocenters. The first kappa shape index (κ1) is 23.4. The molecule has 7 nitrogen and oxygen atoms in total. The molecule has 1 saturated heterocycles. The number of amides is 1. The largest absolute Gasteiger partial charge is 0.478 e. The first-order chi connectivity index (χ1) is 15.1. The molecule has 0 spiro atoms. The van der Waals surface area contributed by atoms with Crippen molar-refractivity contribution in [2.45, 2.75) is 45.4 Å². The number of hydrogen-bond acceptors (Lipinski definition) is 5. The summed E-state index contributed by atoms with van der Waals surface area (Å²) in [6.45, 7) is 7.35. The zero-order valence-corrected chi connectivity index (χ0v) is 18.5. The SMILES string of the molecule is CC(C)(C)OC(=O)N(c1ccc(/C=C/C(=O)O)cn1)[C@@H]1CCN(Cc2cccc(F)c2)C1. The summed E-state index contributed by atoms with van der Waals surface area (Å²) in [6, 6.07) is 9.74. The van der Waals surface area contributed by atoms with Crippen molar-refractivity contribution in [1.29, 1.82) is 0 Å². The summed E-state index contributed by atoms with van der Waals surface area (Å²) in [5.74, 6) is -0.881. The monoisotopic (exact) mass is 441 g/mol. The maximum atomic E-state index is 13.5. The van der Waals surface area contributed by atoms with Gasteiger partial charge in [-0.2, -0.15) is 0 Å². The summed E-state index contributed by atoms with van der Waals surface area (Å²) in [7, 11) is 0. The highest BCUT2D eigenvalue weighted by Gasteiger charge is 2.35. The van der Waals surface area contributed by atoms with E-state index >= 15 is 0 Å². The summed E-state index contributed by atoms with van der Waals surface area (Å²) in [5, 5.41) is 8.79. The summed E-state index contributed by atoms with van der Waals surface area (Å²) >= 11 is 0. The van der Waals surface area contributed by atoms with Crippen LogP contribution in [0.15, 0.2) is 48.7 Å². The molecular weight excluding hydrogens is 413 g/mol. The number of carboxylic acids is 1. The molecule has 1 aliphatic heterocycles. The van der Waals surface area contributed by atoms with Gasteiger partial charge >= 0.3 is 12.1 Å². The van der Waals surface area contributed by atoms with Crippen molar-refractivity contribution in [3.63, 3.8) is 0 Å². The van der Waals surface area contributed by atoms with Gasteiger partial charge in [0.05, 0.1) is 6.04 Å². The van der Waals surface area contributed by atoms with Gasteiger partial charge in [0.15, 0.2) is 0 Å². The van der Waals surface area contributed by atoms with Crippen LogP contribution in [0.4, 0.5) is 15.0 Å². The van der Waals surface area contributed by atoms with E-state index in [1.807, 2.05) is 6.07 Å². The van der Waals surface area contributed by atoms with Crippen LogP contribution < -0.4 is 4.90 Å². The van der Waals surface area contributed by atoms with Gasteiger partial charge < -0.3 is 9.84 Å². The van der Waals surface area contributed by atoms with E-state index in [-0.39, 0.29) is 11.9 Å². The Labute approximate surface area is 187 Å². The molecule has 1 aliphatic rings. The second-order valence-electron chi connectivity index (χ2n) is 8.78. The molecule has 0 unspecified atom stereocenters. The highest BCUT2D eigenvalue weighted by molar-refractivity contribution is 5.88. The van der Waals surface area contributed by atoms with Crippen molar-refractivity contribution in [1.82, 2.24) is 9.88 Å². The van der Waals surface area contributed by atoms with Gasteiger partial charge in [-0.05, 0) is 68.7 Å². The molecule has 2 aromatic rings. The molecule has 8 heteroatoms. The molecule has 0 radical (unpaired) electrons. The number of pyridine rings is 1. The van der Waals surface area contributed by atoms with E-state index in [9.17, 15) is 14.0 Å². The van der Waals surface area contributed by atoms with Gasteiger partial charge in [-0.1, -0.05) is 12.1 Å². The van der Waals surface area contributed by atoms with E-state index in [1.54, 1.807) is 43.9 Å². The lowest BCUT2D eigenvalue weighted by atomic mass is 10.2. The Hall–Kier alpha value is -3.26. The smallest absolute Gasteiger partial charge is 0.416 e. The van der Waals surface area contributed by atoms with Crippen molar-refractivity contribution in [3.8, 4) is 0 Å². The maximum absolute atomic E-state index is 13.5. The Bertz CT molecular complexity index is 985. The number of carboxylic acid groups (broad SMARTS) is 1. The lowest BCUT2D eigenvalue weighted by molar-refractivity contribution is -0.131. The molecule has 0 saturated carbocycles. The number of carbonyl (C=O) groups is 2. The van der Waals surface area contributed by atoms with Crippen LogP contribution in [0.25, 0.3) is 6.08 Å². The zero-order chi connectivity index (χ0) is 23.3. The predicted molar refractivity (Wildman–Crippen MR) is 120 cm³/mol. The number of aromatic nitrogens is 1. The highest BCUT2D eigenvalue weighted by atomic mass is 19.1. The summed E-state index contributed by atoms with van der Waals surface area (Å²) < 4.78 is 19.2. The Morgan fingerprint density at radius 1 is 1.31 bits per heavy atom. The first-order valence-electron chi connectivity index (χ1n) is 10.5. The van der Waals surface area contributed by atoms with Crippen LogP contribution in [0, 0.1) is 5.82 Å².